The molecule has 4 nitrogen and oxygen atoms in total. The molecule has 0 aromatic carbocycles. The Morgan fingerprint density at radius 1 is 1.36 bits per heavy atom. The van der Waals surface area contributed by atoms with Crippen LogP contribution in [0.2, 0.25) is 0 Å². The van der Waals surface area contributed by atoms with Crippen LogP contribution in [0.15, 0.2) is 0 Å². The second kappa shape index (κ2) is 3.69. The molecule has 0 N–H and O–H groups in total. The van der Waals surface area contributed by atoms with Gasteiger partial charge in [0.2, 0.25) is 5.91 Å². The molecule has 1 saturated heterocycles. The Morgan fingerprint density at radius 2 is 1.91 bits per heavy atom. The summed E-state index contributed by atoms with van der Waals surface area (Å²) in [7, 11) is 3.47. The summed E-state index contributed by atoms with van der Waals surface area (Å²) >= 11 is 0. The normalized spacial score (nSPS) is 19.8. The molecule has 1 rings (SSSR count). The Bertz CT molecular complexity index is 141. The molecule has 1 fully saturated rings. The molecule has 0 spiro atoms. The number of carbonyl (C=O) groups is 1. The second-order valence-electron chi connectivity index (χ2n) is 2.79. The highest BCUT2D eigenvalue weighted by Gasteiger charge is 2.23. The van der Waals surface area contributed by atoms with Crippen LogP contribution in [0, 0.1) is 5.92 Å². The quantitative estimate of drug-likeness (QED) is 0.527. The zero-order chi connectivity index (χ0) is 8.27. The summed E-state index contributed by atoms with van der Waals surface area (Å²) in [6.07, 6.45) is 0. The molecule has 1 amide bonds. The number of carbonyl (C=O) groups excluding carboxylic acids is 1. The fourth-order valence-corrected chi connectivity index (χ4v) is 0.996. The predicted octanol–water partition coefficient (Wildman–Crippen LogP) is -0.305. The maximum absolute atomic E-state index is 11.3. The fraction of sp³-hybridized carbons (Fsp3) is 0.857. The summed E-state index contributed by atoms with van der Waals surface area (Å²) < 4.78 is 9.97. The molecule has 0 aliphatic carbocycles. The Labute approximate surface area is 66.1 Å². The predicted molar refractivity (Wildman–Crippen MR) is 39.0 cm³/mol. The minimum Gasteiger partial charge on any atom is -0.355 e. The number of nitrogens with zero attached hydrogens (tertiary/aromatic N) is 1. The topological polar surface area (TPSA) is 38.8 Å². The molecule has 64 valence electrons. The molecule has 4 heteroatoms. The van der Waals surface area contributed by atoms with Crippen molar-refractivity contribution >= 4 is 5.91 Å². The number of rotatable bonds is 1. The maximum Gasteiger partial charge on any atom is 0.229 e. The average molecular weight is 159 g/mol. The molecular weight excluding hydrogens is 146 g/mol. The van der Waals surface area contributed by atoms with Gasteiger partial charge in [0.15, 0.2) is 0 Å². The van der Waals surface area contributed by atoms with Gasteiger partial charge in [0.25, 0.3) is 0 Å². The molecule has 0 atom stereocenters. The third-order valence-electron chi connectivity index (χ3n) is 1.59. The lowest BCUT2D eigenvalue weighted by atomic mass is 10.1. The van der Waals surface area contributed by atoms with Crippen LogP contribution in [0.5, 0.6) is 0 Å². The van der Waals surface area contributed by atoms with Gasteiger partial charge in [-0.15, -0.1) is 0 Å². The fourth-order valence-electron chi connectivity index (χ4n) is 0.996. The van der Waals surface area contributed by atoms with Gasteiger partial charge < -0.3 is 14.4 Å². The van der Waals surface area contributed by atoms with Crippen LogP contribution < -0.4 is 0 Å². The highest BCUT2D eigenvalue weighted by atomic mass is 16.7. The van der Waals surface area contributed by atoms with Crippen molar-refractivity contribution in [2.75, 3.05) is 34.1 Å². The minimum atomic E-state index is -0.112. The van der Waals surface area contributed by atoms with E-state index in [0.29, 0.717) is 20.0 Å². The minimum absolute atomic E-state index is 0.0738. The van der Waals surface area contributed by atoms with E-state index in [0.717, 1.165) is 0 Å². The third-order valence-corrected chi connectivity index (χ3v) is 1.59. The van der Waals surface area contributed by atoms with Gasteiger partial charge in [-0.05, 0) is 0 Å². The van der Waals surface area contributed by atoms with Crippen molar-refractivity contribution in [2.24, 2.45) is 5.92 Å². The van der Waals surface area contributed by atoms with Crippen molar-refractivity contribution in [1.82, 2.24) is 4.90 Å². The molecule has 0 radical (unpaired) electrons. The summed E-state index contributed by atoms with van der Waals surface area (Å²) in [6.45, 7) is 1.28. The summed E-state index contributed by atoms with van der Waals surface area (Å²) in [4.78, 5) is 12.8. The Hall–Kier alpha value is -0.610. The summed E-state index contributed by atoms with van der Waals surface area (Å²) in [5.41, 5.74) is 0. The van der Waals surface area contributed by atoms with Gasteiger partial charge in [0, 0.05) is 14.1 Å². The van der Waals surface area contributed by atoms with Crippen LogP contribution in [0.25, 0.3) is 0 Å². The van der Waals surface area contributed by atoms with Gasteiger partial charge in [-0.1, -0.05) is 0 Å². The van der Waals surface area contributed by atoms with E-state index in [1.165, 1.54) is 0 Å². The number of ether oxygens (including phenoxy) is 2. The van der Waals surface area contributed by atoms with Gasteiger partial charge in [-0.3, -0.25) is 4.79 Å². The summed E-state index contributed by atoms with van der Waals surface area (Å²) in [5, 5.41) is 0. The molecule has 0 bridgehead atoms. The SMILES string of the molecule is CN(C)C(=O)C1COCOC1. The number of hydrogen-bond acceptors (Lipinski definition) is 3. The van der Waals surface area contributed by atoms with Crippen molar-refractivity contribution in [3.63, 3.8) is 0 Å². The van der Waals surface area contributed by atoms with E-state index in [1.807, 2.05) is 0 Å². The van der Waals surface area contributed by atoms with Gasteiger partial charge in [0.1, 0.15) is 6.79 Å². The van der Waals surface area contributed by atoms with Crippen molar-refractivity contribution in [3.8, 4) is 0 Å². The monoisotopic (exact) mass is 159 g/mol. The number of hydrogen-bond donors (Lipinski definition) is 0. The van der Waals surface area contributed by atoms with E-state index in [1.54, 1.807) is 19.0 Å². The highest BCUT2D eigenvalue weighted by molar-refractivity contribution is 5.78. The van der Waals surface area contributed by atoms with Crippen LogP contribution in [0.4, 0.5) is 0 Å². The summed E-state index contributed by atoms with van der Waals surface area (Å²) in [6, 6.07) is 0. The van der Waals surface area contributed by atoms with Crippen molar-refractivity contribution in [1.29, 1.82) is 0 Å². The van der Waals surface area contributed by atoms with E-state index in [2.05, 4.69) is 0 Å². The molecule has 1 heterocycles. The first-order valence-corrected chi connectivity index (χ1v) is 3.58. The van der Waals surface area contributed by atoms with E-state index >= 15 is 0 Å². The van der Waals surface area contributed by atoms with Crippen LogP contribution in [-0.2, 0) is 14.3 Å². The molecule has 1 aliphatic rings. The first-order chi connectivity index (χ1) is 5.22. The lowest BCUT2D eigenvalue weighted by molar-refractivity contribution is -0.158. The smallest absolute Gasteiger partial charge is 0.229 e. The molecule has 1 aliphatic heterocycles. The van der Waals surface area contributed by atoms with Gasteiger partial charge >= 0.3 is 0 Å². The average Bonchev–Trinajstić information content (AvgIpc) is 2.05. The standard InChI is InChI=1S/C7H13NO3/c1-8(2)7(9)6-3-10-5-11-4-6/h6H,3-5H2,1-2H3. The lowest BCUT2D eigenvalue weighted by Crippen LogP contribution is -2.38. The zero-order valence-corrected chi connectivity index (χ0v) is 6.87. The molecule has 0 aromatic heterocycles. The summed E-state index contributed by atoms with van der Waals surface area (Å²) in [5.74, 6) is -0.0385. The zero-order valence-electron chi connectivity index (χ0n) is 6.87. The first kappa shape index (κ1) is 8.49. The van der Waals surface area contributed by atoms with E-state index in [-0.39, 0.29) is 11.8 Å². The Morgan fingerprint density at radius 3 is 2.36 bits per heavy atom. The molecule has 0 aromatic rings. The van der Waals surface area contributed by atoms with E-state index in [4.69, 9.17) is 9.47 Å². The number of amides is 1. The maximum atomic E-state index is 11.3. The lowest BCUT2D eigenvalue weighted by Gasteiger charge is -2.23. The molecular formula is C7H13NO3. The molecule has 11 heavy (non-hydrogen) atoms. The van der Waals surface area contributed by atoms with Crippen LogP contribution >= 0.6 is 0 Å². The van der Waals surface area contributed by atoms with Crippen molar-refractivity contribution in [2.45, 2.75) is 0 Å². The Balaban J connectivity index is 2.39. The van der Waals surface area contributed by atoms with E-state index in [9.17, 15) is 4.79 Å². The van der Waals surface area contributed by atoms with Crippen molar-refractivity contribution in [3.05, 3.63) is 0 Å². The molecule has 0 unspecified atom stereocenters. The third kappa shape index (κ3) is 2.17. The van der Waals surface area contributed by atoms with Crippen LogP contribution in [0.1, 0.15) is 0 Å². The van der Waals surface area contributed by atoms with Gasteiger partial charge in [-0.25, -0.2) is 0 Å². The van der Waals surface area contributed by atoms with Crippen molar-refractivity contribution < 1.29 is 14.3 Å². The largest absolute Gasteiger partial charge is 0.355 e. The van der Waals surface area contributed by atoms with E-state index < -0.39 is 0 Å². The van der Waals surface area contributed by atoms with Gasteiger partial charge in [0.05, 0.1) is 19.1 Å². The van der Waals surface area contributed by atoms with Gasteiger partial charge in [-0.2, -0.15) is 0 Å². The highest BCUT2D eigenvalue weighted by Crippen LogP contribution is 2.07. The first-order valence-electron chi connectivity index (χ1n) is 3.58. The molecule has 0 saturated carbocycles. The van der Waals surface area contributed by atoms with Crippen LogP contribution in [-0.4, -0.2) is 44.9 Å². The second-order valence-corrected chi connectivity index (χ2v) is 2.79. The Kier molecular flexibility index (Phi) is 2.84. The van der Waals surface area contributed by atoms with Crippen LogP contribution in [0.3, 0.4) is 0 Å².